The van der Waals surface area contributed by atoms with Gasteiger partial charge >= 0.3 is 0 Å². The molecule has 4 heteroatoms. The summed E-state index contributed by atoms with van der Waals surface area (Å²) in [7, 11) is 3.98. The van der Waals surface area contributed by atoms with Crippen molar-refractivity contribution in [3.8, 4) is 0 Å². The molecule has 0 unspecified atom stereocenters. The number of halogens is 2. The summed E-state index contributed by atoms with van der Waals surface area (Å²) in [5, 5.41) is 3.09. The lowest BCUT2D eigenvalue weighted by Crippen LogP contribution is -2.29. The number of rotatable bonds is 6. The number of hydrogen-bond donors (Lipinski definition) is 1. The van der Waals surface area contributed by atoms with E-state index in [-0.39, 0.29) is 5.82 Å². The predicted molar refractivity (Wildman–Crippen MR) is 69.2 cm³/mol. The van der Waals surface area contributed by atoms with E-state index in [0.717, 1.165) is 36.1 Å². The van der Waals surface area contributed by atoms with Gasteiger partial charge in [-0.15, -0.1) is 0 Å². The van der Waals surface area contributed by atoms with Gasteiger partial charge < -0.3 is 10.2 Å². The Bertz CT molecular complexity index is 331. The Hall–Kier alpha value is -0.450. The zero-order valence-corrected chi connectivity index (χ0v) is 11.3. The van der Waals surface area contributed by atoms with Crippen LogP contribution in [0.5, 0.6) is 0 Å². The molecule has 0 saturated carbocycles. The van der Waals surface area contributed by atoms with Gasteiger partial charge in [0.2, 0.25) is 0 Å². The molecule has 2 nitrogen and oxygen atoms in total. The van der Waals surface area contributed by atoms with Gasteiger partial charge in [0.05, 0.1) is 0 Å². The van der Waals surface area contributed by atoms with Crippen LogP contribution in [0.25, 0.3) is 0 Å². The van der Waals surface area contributed by atoms with Gasteiger partial charge in [-0.3, -0.25) is 0 Å². The van der Waals surface area contributed by atoms with Crippen molar-refractivity contribution in [2.45, 2.75) is 6.42 Å². The van der Waals surface area contributed by atoms with Crippen LogP contribution in [-0.4, -0.2) is 38.6 Å². The van der Waals surface area contributed by atoms with E-state index in [1.807, 2.05) is 20.2 Å². The Labute approximate surface area is 105 Å². The second kappa shape index (κ2) is 6.99. The molecule has 0 aromatic heterocycles. The number of likely N-dealkylation sites (N-methyl/N-ethyl adjacent to an activating group) is 2. The minimum absolute atomic E-state index is 0.120. The SMILES string of the molecule is CNCCN(C)CCc1cc(Br)ccc1F. The highest BCUT2D eigenvalue weighted by atomic mass is 79.9. The third-order valence-corrected chi connectivity index (χ3v) is 3.01. The highest BCUT2D eigenvalue weighted by Crippen LogP contribution is 2.16. The Balaban J connectivity index is 2.44. The molecule has 0 heterocycles. The fraction of sp³-hybridized carbons (Fsp3) is 0.500. The van der Waals surface area contributed by atoms with E-state index in [4.69, 9.17) is 0 Å². The van der Waals surface area contributed by atoms with Gasteiger partial charge in [0.25, 0.3) is 0 Å². The first-order valence-electron chi connectivity index (χ1n) is 5.40. The molecular weight excluding hydrogens is 271 g/mol. The molecule has 1 aromatic carbocycles. The van der Waals surface area contributed by atoms with Gasteiger partial charge in [0.1, 0.15) is 5.82 Å². The van der Waals surface area contributed by atoms with E-state index in [9.17, 15) is 4.39 Å². The molecule has 1 rings (SSSR count). The molecule has 0 fully saturated rings. The Morgan fingerprint density at radius 3 is 2.81 bits per heavy atom. The highest BCUT2D eigenvalue weighted by Gasteiger charge is 2.04. The molecule has 0 spiro atoms. The lowest BCUT2D eigenvalue weighted by Gasteiger charge is -2.16. The van der Waals surface area contributed by atoms with Crippen molar-refractivity contribution in [1.82, 2.24) is 10.2 Å². The van der Waals surface area contributed by atoms with E-state index in [1.54, 1.807) is 6.07 Å². The summed E-state index contributed by atoms with van der Waals surface area (Å²) in [5.41, 5.74) is 0.769. The van der Waals surface area contributed by atoms with Crippen molar-refractivity contribution in [3.63, 3.8) is 0 Å². The number of benzene rings is 1. The molecule has 0 saturated heterocycles. The van der Waals surface area contributed by atoms with Crippen LogP contribution in [0, 0.1) is 5.82 Å². The molecule has 0 aliphatic rings. The predicted octanol–water partition coefficient (Wildman–Crippen LogP) is 2.28. The third-order valence-electron chi connectivity index (χ3n) is 2.51. The Morgan fingerprint density at radius 1 is 1.38 bits per heavy atom. The van der Waals surface area contributed by atoms with Gasteiger partial charge in [0.15, 0.2) is 0 Å². The van der Waals surface area contributed by atoms with Crippen LogP contribution in [0.1, 0.15) is 5.56 Å². The highest BCUT2D eigenvalue weighted by molar-refractivity contribution is 9.10. The summed E-state index contributed by atoms with van der Waals surface area (Å²) in [6.07, 6.45) is 0.742. The Kier molecular flexibility index (Phi) is 5.95. The van der Waals surface area contributed by atoms with Crippen LogP contribution in [0.3, 0.4) is 0 Å². The number of hydrogen-bond acceptors (Lipinski definition) is 2. The average Bonchev–Trinajstić information content (AvgIpc) is 2.27. The Morgan fingerprint density at radius 2 is 2.12 bits per heavy atom. The molecule has 0 bridgehead atoms. The van der Waals surface area contributed by atoms with Crippen molar-refractivity contribution in [2.24, 2.45) is 0 Å². The molecular formula is C12H18BrFN2. The van der Waals surface area contributed by atoms with Crippen LogP contribution < -0.4 is 5.32 Å². The minimum atomic E-state index is -0.120. The molecule has 16 heavy (non-hydrogen) atoms. The summed E-state index contributed by atoms with van der Waals surface area (Å²) in [6, 6.07) is 5.08. The van der Waals surface area contributed by atoms with Crippen LogP contribution in [0.15, 0.2) is 22.7 Å². The molecule has 1 N–H and O–H groups in total. The molecule has 0 amide bonds. The quantitative estimate of drug-likeness (QED) is 0.864. The van der Waals surface area contributed by atoms with Crippen molar-refractivity contribution < 1.29 is 4.39 Å². The molecule has 0 radical (unpaired) electrons. The molecule has 0 aliphatic carbocycles. The summed E-state index contributed by atoms with van der Waals surface area (Å²) in [6.45, 7) is 2.80. The second-order valence-corrected chi connectivity index (χ2v) is 4.81. The smallest absolute Gasteiger partial charge is 0.126 e. The van der Waals surface area contributed by atoms with Crippen molar-refractivity contribution >= 4 is 15.9 Å². The topological polar surface area (TPSA) is 15.3 Å². The van der Waals surface area contributed by atoms with E-state index < -0.39 is 0 Å². The monoisotopic (exact) mass is 288 g/mol. The van der Waals surface area contributed by atoms with Gasteiger partial charge in [-0.2, -0.15) is 0 Å². The summed E-state index contributed by atoms with van der Waals surface area (Å²) < 4.78 is 14.4. The molecule has 90 valence electrons. The zero-order chi connectivity index (χ0) is 12.0. The van der Waals surface area contributed by atoms with Crippen molar-refractivity contribution in [2.75, 3.05) is 33.7 Å². The molecule has 0 atom stereocenters. The lowest BCUT2D eigenvalue weighted by molar-refractivity contribution is 0.338. The first-order chi connectivity index (χ1) is 7.63. The summed E-state index contributed by atoms with van der Waals surface area (Å²) in [4.78, 5) is 2.19. The van der Waals surface area contributed by atoms with E-state index in [0.29, 0.717) is 0 Å². The maximum atomic E-state index is 13.4. The first kappa shape index (κ1) is 13.6. The van der Waals surface area contributed by atoms with Crippen LogP contribution in [0.4, 0.5) is 4.39 Å². The van der Waals surface area contributed by atoms with E-state index in [2.05, 4.69) is 26.1 Å². The zero-order valence-electron chi connectivity index (χ0n) is 9.76. The summed E-state index contributed by atoms with van der Waals surface area (Å²) >= 11 is 3.35. The standard InChI is InChI=1S/C12H18BrFN2/c1-15-6-8-16(2)7-5-10-9-11(13)3-4-12(10)14/h3-4,9,15H,5-8H2,1-2H3. The van der Waals surface area contributed by atoms with Gasteiger partial charge in [0, 0.05) is 24.1 Å². The molecule has 1 aromatic rings. The van der Waals surface area contributed by atoms with Crippen LogP contribution in [-0.2, 0) is 6.42 Å². The average molecular weight is 289 g/mol. The fourth-order valence-electron chi connectivity index (χ4n) is 1.46. The van der Waals surface area contributed by atoms with Crippen LogP contribution >= 0.6 is 15.9 Å². The third kappa shape index (κ3) is 4.60. The van der Waals surface area contributed by atoms with Gasteiger partial charge in [-0.1, -0.05) is 15.9 Å². The van der Waals surface area contributed by atoms with Crippen molar-refractivity contribution in [3.05, 3.63) is 34.1 Å². The fourth-order valence-corrected chi connectivity index (χ4v) is 1.87. The second-order valence-electron chi connectivity index (χ2n) is 3.89. The van der Waals surface area contributed by atoms with Crippen LogP contribution in [0.2, 0.25) is 0 Å². The minimum Gasteiger partial charge on any atom is -0.318 e. The van der Waals surface area contributed by atoms with E-state index >= 15 is 0 Å². The normalized spacial score (nSPS) is 11.1. The molecule has 0 aliphatic heterocycles. The number of nitrogens with one attached hydrogen (secondary N) is 1. The number of nitrogens with zero attached hydrogens (tertiary/aromatic N) is 1. The lowest BCUT2D eigenvalue weighted by atomic mass is 10.1. The maximum Gasteiger partial charge on any atom is 0.126 e. The largest absolute Gasteiger partial charge is 0.318 e. The van der Waals surface area contributed by atoms with E-state index in [1.165, 1.54) is 6.07 Å². The first-order valence-corrected chi connectivity index (χ1v) is 6.20. The van der Waals surface area contributed by atoms with Crippen molar-refractivity contribution in [1.29, 1.82) is 0 Å². The van der Waals surface area contributed by atoms with Gasteiger partial charge in [-0.25, -0.2) is 4.39 Å². The van der Waals surface area contributed by atoms with Gasteiger partial charge in [-0.05, 0) is 44.3 Å². The maximum absolute atomic E-state index is 13.4. The summed E-state index contributed by atoms with van der Waals surface area (Å²) in [5.74, 6) is -0.120.